The highest BCUT2D eigenvalue weighted by Gasteiger charge is 2.19. The topological polar surface area (TPSA) is 104 Å². The van der Waals surface area contributed by atoms with Crippen molar-refractivity contribution < 1.29 is 24.9 Å². The summed E-state index contributed by atoms with van der Waals surface area (Å²) in [6.07, 6.45) is 1.58. The number of carbonyl (C=O) groups is 1. The molecule has 7 nitrogen and oxygen atoms in total. The standard InChI is InChI=1S/C15H12N2O5/c18-9-4-1-2-6-11(9)22-8-12-16-13(15(20)21)14-10(19)5-3-7-17(12)14/h1-7,18-19H,8H2,(H,20,21). The summed E-state index contributed by atoms with van der Waals surface area (Å²) in [6, 6.07) is 9.38. The molecule has 2 aromatic heterocycles. The van der Waals surface area contributed by atoms with Gasteiger partial charge in [-0.05, 0) is 24.3 Å². The smallest absolute Gasteiger partial charge is 0.356 e. The minimum Gasteiger partial charge on any atom is -0.506 e. The summed E-state index contributed by atoms with van der Waals surface area (Å²) >= 11 is 0. The van der Waals surface area contributed by atoms with Crippen LogP contribution in [0.4, 0.5) is 0 Å². The molecule has 0 saturated heterocycles. The average Bonchev–Trinajstić information content (AvgIpc) is 2.87. The van der Waals surface area contributed by atoms with Crippen LogP contribution >= 0.6 is 0 Å². The maximum atomic E-state index is 11.2. The average molecular weight is 300 g/mol. The normalized spacial score (nSPS) is 10.7. The lowest BCUT2D eigenvalue weighted by molar-refractivity contribution is 0.0692. The molecule has 2 heterocycles. The van der Waals surface area contributed by atoms with Gasteiger partial charge >= 0.3 is 5.97 Å². The van der Waals surface area contributed by atoms with Gasteiger partial charge in [0.1, 0.15) is 17.9 Å². The number of hydrogen-bond donors (Lipinski definition) is 3. The molecule has 0 spiro atoms. The number of para-hydroxylation sites is 2. The van der Waals surface area contributed by atoms with E-state index < -0.39 is 5.97 Å². The molecule has 0 amide bonds. The van der Waals surface area contributed by atoms with E-state index in [-0.39, 0.29) is 35.1 Å². The van der Waals surface area contributed by atoms with Crippen LogP contribution in [-0.4, -0.2) is 30.7 Å². The lowest BCUT2D eigenvalue weighted by atomic mass is 10.3. The first-order valence-corrected chi connectivity index (χ1v) is 6.41. The van der Waals surface area contributed by atoms with Gasteiger partial charge in [-0.1, -0.05) is 12.1 Å². The van der Waals surface area contributed by atoms with Crippen molar-refractivity contribution in [3.63, 3.8) is 0 Å². The van der Waals surface area contributed by atoms with Gasteiger partial charge in [0, 0.05) is 6.20 Å². The molecule has 3 N–H and O–H groups in total. The largest absolute Gasteiger partial charge is 0.506 e. The molecule has 0 unspecified atom stereocenters. The van der Waals surface area contributed by atoms with Gasteiger partial charge in [0.25, 0.3) is 0 Å². The molecule has 0 saturated carbocycles. The Morgan fingerprint density at radius 3 is 2.59 bits per heavy atom. The first-order valence-electron chi connectivity index (χ1n) is 6.41. The van der Waals surface area contributed by atoms with Crippen LogP contribution in [0, 0.1) is 0 Å². The number of aromatic hydroxyl groups is 2. The third-order valence-electron chi connectivity index (χ3n) is 3.14. The predicted octanol–water partition coefficient (Wildman–Crippen LogP) is 2.02. The fourth-order valence-electron chi connectivity index (χ4n) is 2.16. The van der Waals surface area contributed by atoms with Crippen LogP contribution < -0.4 is 4.74 Å². The maximum absolute atomic E-state index is 11.2. The van der Waals surface area contributed by atoms with Crippen molar-refractivity contribution in [2.45, 2.75) is 6.61 Å². The van der Waals surface area contributed by atoms with E-state index in [9.17, 15) is 20.1 Å². The predicted molar refractivity (Wildman–Crippen MR) is 76.3 cm³/mol. The number of fused-ring (bicyclic) bond motifs is 1. The highest BCUT2D eigenvalue weighted by Crippen LogP contribution is 2.27. The molecule has 0 bridgehead atoms. The molecule has 0 aliphatic carbocycles. The second-order valence-corrected chi connectivity index (χ2v) is 4.55. The summed E-state index contributed by atoms with van der Waals surface area (Å²) < 4.78 is 6.90. The van der Waals surface area contributed by atoms with Crippen LogP contribution in [0.5, 0.6) is 17.2 Å². The number of phenolic OH excluding ortho intramolecular Hbond substituents is 1. The van der Waals surface area contributed by atoms with E-state index in [0.29, 0.717) is 5.82 Å². The SMILES string of the molecule is O=C(O)c1nc(COc2ccccc2O)n2cccc(O)c12. The number of carboxylic acids is 1. The number of rotatable bonds is 4. The highest BCUT2D eigenvalue weighted by molar-refractivity contribution is 5.95. The van der Waals surface area contributed by atoms with Crippen LogP contribution in [0.15, 0.2) is 42.6 Å². The van der Waals surface area contributed by atoms with E-state index in [1.807, 2.05) is 0 Å². The fraction of sp³-hybridized carbons (Fsp3) is 0.0667. The maximum Gasteiger partial charge on any atom is 0.356 e. The molecule has 0 atom stereocenters. The molecule has 22 heavy (non-hydrogen) atoms. The number of ether oxygens (including phenoxy) is 1. The Kier molecular flexibility index (Phi) is 3.30. The van der Waals surface area contributed by atoms with E-state index in [1.165, 1.54) is 16.5 Å². The Balaban J connectivity index is 2.00. The third kappa shape index (κ3) is 2.28. The number of carboxylic acid groups (broad SMARTS) is 1. The van der Waals surface area contributed by atoms with Crippen LogP contribution in [-0.2, 0) is 6.61 Å². The Hall–Kier alpha value is -3.22. The number of hydrogen-bond acceptors (Lipinski definition) is 5. The first-order chi connectivity index (χ1) is 10.6. The quantitative estimate of drug-likeness (QED) is 0.681. The summed E-state index contributed by atoms with van der Waals surface area (Å²) in [5.74, 6) is -0.887. The number of benzene rings is 1. The van der Waals surface area contributed by atoms with Gasteiger partial charge in [-0.25, -0.2) is 9.78 Å². The van der Waals surface area contributed by atoms with Gasteiger partial charge in [0.2, 0.25) is 0 Å². The minimum absolute atomic E-state index is 0.0235. The number of imidazole rings is 1. The molecular formula is C15H12N2O5. The molecule has 1 aromatic carbocycles. The van der Waals surface area contributed by atoms with Gasteiger partial charge in [0.15, 0.2) is 23.0 Å². The van der Waals surface area contributed by atoms with E-state index in [2.05, 4.69) is 4.98 Å². The summed E-state index contributed by atoms with van der Waals surface area (Å²) in [7, 11) is 0. The van der Waals surface area contributed by atoms with Crippen molar-refractivity contribution in [3.8, 4) is 17.2 Å². The first kappa shape index (κ1) is 13.7. The van der Waals surface area contributed by atoms with Crippen molar-refractivity contribution in [2.75, 3.05) is 0 Å². The molecular weight excluding hydrogens is 288 g/mol. The van der Waals surface area contributed by atoms with Gasteiger partial charge in [-0.3, -0.25) is 4.40 Å². The van der Waals surface area contributed by atoms with Gasteiger partial charge in [-0.2, -0.15) is 0 Å². The van der Waals surface area contributed by atoms with Gasteiger partial charge < -0.3 is 20.1 Å². The third-order valence-corrected chi connectivity index (χ3v) is 3.14. The number of nitrogens with zero attached hydrogens (tertiary/aromatic N) is 2. The van der Waals surface area contributed by atoms with E-state index in [4.69, 9.17) is 4.74 Å². The number of pyridine rings is 1. The Labute approximate surface area is 124 Å². The lowest BCUT2D eigenvalue weighted by Gasteiger charge is -2.07. The van der Waals surface area contributed by atoms with Crippen LogP contribution in [0.3, 0.4) is 0 Å². The summed E-state index contributed by atoms with van der Waals surface area (Å²) in [6.45, 7) is -0.0600. The molecule has 3 aromatic rings. The van der Waals surface area contributed by atoms with Crippen molar-refractivity contribution in [2.24, 2.45) is 0 Å². The van der Waals surface area contributed by atoms with Crippen LogP contribution in [0.1, 0.15) is 16.3 Å². The Morgan fingerprint density at radius 2 is 1.86 bits per heavy atom. The van der Waals surface area contributed by atoms with Crippen LogP contribution in [0.25, 0.3) is 5.52 Å². The molecule has 0 aliphatic rings. The van der Waals surface area contributed by atoms with E-state index in [1.54, 1.807) is 30.5 Å². The summed E-state index contributed by atoms with van der Waals surface area (Å²) in [4.78, 5) is 15.2. The zero-order chi connectivity index (χ0) is 15.7. The van der Waals surface area contributed by atoms with Crippen molar-refractivity contribution in [1.82, 2.24) is 9.38 Å². The van der Waals surface area contributed by atoms with Crippen molar-refractivity contribution in [1.29, 1.82) is 0 Å². The Bertz CT molecular complexity index is 856. The van der Waals surface area contributed by atoms with Gasteiger partial charge in [-0.15, -0.1) is 0 Å². The second-order valence-electron chi connectivity index (χ2n) is 4.55. The highest BCUT2D eigenvalue weighted by atomic mass is 16.5. The molecule has 112 valence electrons. The van der Waals surface area contributed by atoms with Crippen molar-refractivity contribution in [3.05, 3.63) is 54.1 Å². The molecule has 0 radical (unpaired) electrons. The number of aromatic nitrogens is 2. The monoisotopic (exact) mass is 300 g/mol. The zero-order valence-electron chi connectivity index (χ0n) is 11.3. The zero-order valence-corrected chi connectivity index (χ0v) is 11.3. The lowest BCUT2D eigenvalue weighted by Crippen LogP contribution is -2.01. The van der Waals surface area contributed by atoms with E-state index in [0.717, 1.165) is 0 Å². The summed E-state index contributed by atoms with van der Waals surface area (Å²) in [5, 5.41) is 28.7. The second kappa shape index (κ2) is 5.28. The van der Waals surface area contributed by atoms with Crippen LogP contribution in [0.2, 0.25) is 0 Å². The number of aromatic carboxylic acids is 1. The number of phenols is 1. The minimum atomic E-state index is -1.24. The fourth-order valence-corrected chi connectivity index (χ4v) is 2.16. The molecule has 3 rings (SSSR count). The van der Waals surface area contributed by atoms with Crippen molar-refractivity contribution >= 4 is 11.5 Å². The molecule has 0 fully saturated rings. The van der Waals surface area contributed by atoms with E-state index >= 15 is 0 Å². The molecule has 0 aliphatic heterocycles. The van der Waals surface area contributed by atoms with Gasteiger partial charge in [0.05, 0.1) is 0 Å². The molecule has 7 heteroatoms. The Morgan fingerprint density at radius 1 is 1.14 bits per heavy atom. The summed E-state index contributed by atoms with van der Waals surface area (Å²) in [5.41, 5.74) is -0.153.